The Hall–Kier alpha value is -5.49. The van der Waals surface area contributed by atoms with Crippen molar-refractivity contribution in [3.8, 4) is 11.1 Å². The van der Waals surface area contributed by atoms with Crippen LogP contribution in [0.15, 0.2) is 155 Å². The molecule has 1 unspecified atom stereocenters. The van der Waals surface area contributed by atoms with Gasteiger partial charge in [0.2, 0.25) is 16.2 Å². The molecule has 0 spiro atoms. The Morgan fingerprint density at radius 3 is 2.04 bits per heavy atom. The van der Waals surface area contributed by atoms with E-state index < -0.39 is 17.1 Å². The molecule has 3 amide bonds. The number of benzene rings is 5. The summed E-state index contributed by atoms with van der Waals surface area (Å²) in [5.41, 5.74) is 4.76. The highest BCUT2D eigenvalue weighted by Crippen LogP contribution is 2.37. The fourth-order valence-electron chi connectivity index (χ4n) is 4.98. The lowest BCUT2D eigenvalue weighted by Crippen LogP contribution is -2.30. The Labute approximate surface area is 309 Å². The molecule has 0 aliphatic carbocycles. The number of hydrogen-bond donors (Lipinski definition) is 3. The minimum Gasteiger partial charge on any atom is -0.321 e. The number of anilines is 2. The first kappa shape index (κ1) is 35.3. The van der Waals surface area contributed by atoms with E-state index in [4.69, 9.17) is 0 Å². The maximum atomic E-state index is 13.7. The van der Waals surface area contributed by atoms with Gasteiger partial charge in [0.05, 0.1) is 0 Å². The van der Waals surface area contributed by atoms with Crippen molar-refractivity contribution in [3.63, 3.8) is 0 Å². The molecular formula is C40H33N5O3S3. The number of nitrogens with zero attached hydrogens (tertiary/aromatic N) is 2. The summed E-state index contributed by atoms with van der Waals surface area (Å²) in [5, 5.41) is 9.15. The average Bonchev–Trinajstić information content (AvgIpc) is 3.62. The van der Waals surface area contributed by atoms with E-state index >= 15 is 0 Å². The van der Waals surface area contributed by atoms with E-state index in [1.807, 2.05) is 110 Å². The van der Waals surface area contributed by atoms with Crippen LogP contribution in [0.3, 0.4) is 0 Å². The minimum atomic E-state index is -0.561. The zero-order valence-corrected chi connectivity index (χ0v) is 29.9. The molecule has 0 saturated heterocycles. The molecule has 0 aliphatic heterocycles. The maximum Gasteiger partial charge on any atom is 0.272 e. The largest absolute Gasteiger partial charge is 0.321 e. The number of aromatic nitrogens is 2. The molecule has 0 fully saturated rings. The van der Waals surface area contributed by atoms with E-state index in [-0.39, 0.29) is 11.6 Å². The van der Waals surface area contributed by atoms with Crippen LogP contribution in [0.25, 0.3) is 17.2 Å². The number of nitrogens with one attached hydrogen (secondary N) is 3. The van der Waals surface area contributed by atoms with Crippen LogP contribution >= 0.6 is 35.1 Å². The first-order valence-electron chi connectivity index (χ1n) is 16.1. The lowest BCUT2D eigenvalue weighted by Gasteiger charge is -2.16. The lowest BCUT2D eigenvalue weighted by atomic mass is 10.0. The topological polar surface area (TPSA) is 113 Å². The molecule has 6 aromatic rings. The van der Waals surface area contributed by atoms with Gasteiger partial charge in [0.25, 0.3) is 11.8 Å². The third-order valence-corrected chi connectivity index (χ3v) is 10.2. The fourth-order valence-corrected chi connectivity index (χ4v) is 7.28. The number of rotatable bonds is 13. The van der Waals surface area contributed by atoms with Crippen molar-refractivity contribution in [2.75, 3.05) is 16.4 Å². The van der Waals surface area contributed by atoms with E-state index in [0.717, 1.165) is 44.4 Å². The van der Waals surface area contributed by atoms with Gasteiger partial charge in [-0.25, -0.2) is 0 Å². The summed E-state index contributed by atoms with van der Waals surface area (Å²) in [7, 11) is 0. The van der Waals surface area contributed by atoms with Crippen molar-refractivity contribution < 1.29 is 14.4 Å². The van der Waals surface area contributed by atoms with Crippen LogP contribution in [-0.2, 0) is 9.59 Å². The standard InChI is InChI=1S/C40H33N5O3S3/c1-2-49-40-44-39(51-45-40)43-38(48)35(30-14-8-4-9-15-30)50-33-24-22-32(23-25-33)41-37(47)34(42-36(46)31-16-10-5-11-17-31)26-27-18-20-29(21-19-27)28-12-6-3-7-13-28/h3-26,35H,2H2,1H3,(H,41,47)(H,42,46)(H,43,44,45,48)/b34-26-. The number of thioether (sulfide) groups is 2. The van der Waals surface area contributed by atoms with Crippen molar-refractivity contribution >= 4 is 69.7 Å². The molecule has 0 aliphatic rings. The van der Waals surface area contributed by atoms with Gasteiger partial charge in [-0.05, 0) is 70.5 Å². The molecule has 11 heteroatoms. The molecule has 0 radical (unpaired) electrons. The third kappa shape index (κ3) is 9.82. The molecule has 3 N–H and O–H groups in total. The molecule has 1 heterocycles. The van der Waals surface area contributed by atoms with Crippen molar-refractivity contribution in [3.05, 3.63) is 162 Å². The maximum absolute atomic E-state index is 13.7. The van der Waals surface area contributed by atoms with E-state index in [1.54, 1.807) is 42.5 Å². The smallest absolute Gasteiger partial charge is 0.272 e. The molecule has 51 heavy (non-hydrogen) atoms. The Morgan fingerprint density at radius 1 is 0.745 bits per heavy atom. The summed E-state index contributed by atoms with van der Waals surface area (Å²) in [6.45, 7) is 2.02. The highest BCUT2D eigenvalue weighted by Gasteiger charge is 2.24. The summed E-state index contributed by atoms with van der Waals surface area (Å²) in [6.07, 6.45) is 1.65. The van der Waals surface area contributed by atoms with Crippen molar-refractivity contribution in [2.45, 2.75) is 22.2 Å². The molecule has 0 saturated carbocycles. The van der Waals surface area contributed by atoms with Gasteiger partial charge >= 0.3 is 0 Å². The fraction of sp³-hybridized carbons (Fsp3) is 0.0750. The van der Waals surface area contributed by atoms with Crippen molar-refractivity contribution in [1.82, 2.24) is 14.7 Å². The quantitative estimate of drug-likeness (QED) is 0.0803. The lowest BCUT2D eigenvalue weighted by molar-refractivity contribution is -0.116. The van der Waals surface area contributed by atoms with E-state index in [0.29, 0.717) is 21.5 Å². The van der Waals surface area contributed by atoms with E-state index in [2.05, 4.69) is 25.3 Å². The molecular weight excluding hydrogens is 695 g/mol. The van der Waals surface area contributed by atoms with Crippen LogP contribution in [0, 0.1) is 0 Å². The average molecular weight is 728 g/mol. The normalized spacial score (nSPS) is 11.7. The monoisotopic (exact) mass is 727 g/mol. The molecule has 0 bridgehead atoms. The zero-order valence-electron chi connectivity index (χ0n) is 27.5. The van der Waals surface area contributed by atoms with Crippen LogP contribution < -0.4 is 16.0 Å². The van der Waals surface area contributed by atoms with Crippen LogP contribution in [-0.4, -0.2) is 32.8 Å². The van der Waals surface area contributed by atoms with Gasteiger partial charge in [-0.1, -0.05) is 122 Å². The molecule has 6 rings (SSSR count). The van der Waals surface area contributed by atoms with Gasteiger partial charge < -0.3 is 10.6 Å². The van der Waals surface area contributed by atoms with Crippen molar-refractivity contribution in [1.29, 1.82) is 0 Å². The summed E-state index contributed by atoms with van der Waals surface area (Å²) in [4.78, 5) is 45.5. The van der Waals surface area contributed by atoms with Gasteiger partial charge in [-0.15, -0.1) is 11.8 Å². The summed E-state index contributed by atoms with van der Waals surface area (Å²) in [5.74, 6) is -0.255. The van der Waals surface area contributed by atoms with Gasteiger partial charge in [-0.3, -0.25) is 19.7 Å². The van der Waals surface area contributed by atoms with Gasteiger partial charge in [0.1, 0.15) is 10.9 Å². The van der Waals surface area contributed by atoms with Gasteiger partial charge in [0.15, 0.2) is 0 Å². The zero-order chi connectivity index (χ0) is 35.4. The predicted molar refractivity (Wildman–Crippen MR) is 209 cm³/mol. The molecule has 8 nitrogen and oxygen atoms in total. The Balaban J connectivity index is 1.18. The third-order valence-electron chi connectivity index (χ3n) is 7.48. The number of amides is 3. The Morgan fingerprint density at radius 2 is 1.37 bits per heavy atom. The highest BCUT2D eigenvalue weighted by atomic mass is 32.2. The Bertz CT molecular complexity index is 2110. The second-order valence-electron chi connectivity index (χ2n) is 11.1. The van der Waals surface area contributed by atoms with Crippen LogP contribution in [0.4, 0.5) is 10.8 Å². The second-order valence-corrected chi connectivity index (χ2v) is 14.2. The van der Waals surface area contributed by atoms with Crippen molar-refractivity contribution in [2.24, 2.45) is 0 Å². The number of carbonyl (C=O) groups excluding carboxylic acids is 3. The predicted octanol–water partition coefficient (Wildman–Crippen LogP) is 9.20. The Kier molecular flexibility index (Phi) is 12.1. The first-order chi connectivity index (χ1) is 24.9. The number of hydrogen-bond acceptors (Lipinski definition) is 8. The molecule has 254 valence electrons. The van der Waals surface area contributed by atoms with Crippen LogP contribution in [0.1, 0.15) is 33.7 Å². The summed E-state index contributed by atoms with van der Waals surface area (Å²) >= 11 is 4.06. The molecule has 1 atom stereocenters. The van der Waals surface area contributed by atoms with Gasteiger partial charge in [0, 0.05) is 27.7 Å². The summed E-state index contributed by atoms with van der Waals surface area (Å²) < 4.78 is 4.30. The number of carbonyl (C=O) groups is 3. The van der Waals surface area contributed by atoms with Crippen LogP contribution in [0.2, 0.25) is 0 Å². The first-order valence-corrected chi connectivity index (χ1v) is 18.7. The molecule has 1 aromatic heterocycles. The van der Waals surface area contributed by atoms with E-state index in [9.17, 15) is 14.4 Å². The molecule has 5 aromatic carbocycles. The summed E-state index contributed by atoms with van der Waals surface area (Å²) in [6, 6.07) is 43.3. The second kappa shape index (κ2) is 17.4. The SMILES string of the molecule is CCSc1nsc(NC(=O)C(Sc2ccc(NC(=O)/C(=C/c3ccc(-c4ccccc4)cc3)NC(=O)c3ccccc3)cc2)c2ccccc2)n1. The van der Waals surface area contributed by atoms with Crippen LogP contribution in [0.5, 0.6) is 0 Å². The highest BCUT2D eigenvalue weighted by molar-refractivity contribution is 8.00. The minimum absolute atomic E-state index is 0.0905. The van der Waals surface area contributed by atoms with E-state index in [1.165, 1.54) is 23.5 Å². The van der Waals surface area contributed by atoms with Gasteiger partial charge in [-0.2, -0.15) is 9.36 Å².